The lowest BCUT2D eigenvalue weighted by molar-refractivity contribution is 0.296. The van der Waals surface area contributed by atoms with Crippen molar-refractivity contribution in [2.24, 2.45) is 0 Å². The molecule has 0 saturated carbocycles. The molecule has 0 amide bonds. The Balaban J connectivity index is 1.81. The third-order valence-corrected chi connectivity index (χ3v) is 7.38. The first kappa shape index (κ1) is 24.2. The molecular formula is C20H22ClF2IN4O2S. The third kappa shape index (κ3) is 6.07. The summed E-state index contributed by atoms with van der Waals surface area (Å²) in [6.07, 6.45) is 3.02. The summed E-state index contributed by atoms with van der Waals surface area (Å²) in [7, 11) is -3.97. The van der Waals surface area contributed by atoms with Crippen molar-refractivity contribution in [2.75, 3.05) is 29.7 Å². The largest absolute Gasteiger partial charge is 0.350 e. The second-order valence-corrected chi connectivity index (χ2v) is 10.3. The SMILES string of the molecule is C=CCNC1CCN(S(=O)(=O)Nc2ccc(F)c(F)c2Nc2ccc(I)cc2Cl)CC1. The van der Waals surface area contributed by atoms with E-state index in [2.05, 4.69) is 44.5 Å². The number of anilines is 3. The van der Waals surface area contributed by atoms with Crippen LogP contribution < -0.4 is 15.4 Å². The van der Waals surface area contributed by atoms with Gasteiger partial charge in [0.15, 0.2) is 11.6 Å². The summed E-state index contributed by atoms with van der Waals surface area (Å²) >= 11 is 8.26. The summed E-state index contributed by atoms with van der Waals surface area (Å²) in [5, 5.41) is 6.29. The second-order valence-electron chi connectivity index (χ2n) is 7.01. The second kappa shape index (κ2) is 10.4. The molecule has 0 unspecified atom stereocenters. The van der Waals surface area contributed by atoms with Crippen LogP contribution in [0.1, 0.15) is 12.8 Å². The fourth-order valence-electron chi connectivity index (χ4n) is 3.24. The molecule has 0 aliphatic carbocycles. The molecule has 11 heteroatoms. The Bertz CT molecular complexity index is 1060. The van der Waals surface area contributed by atoms with Gasteiger partial charge in [0.1, 0.15) is 5.69 Å². The van der Waals surface area contributed by atoms with Crippen LogP contribution in [0, 0.1) is 15.2 Å². The van der Waals surface area contributed by atoms with Crippen LogP contribution in [0.4, 0.5) is 25.8 Å². The molecule has 6 nitrogen and oxygen atoms in total. The van der Waals surface area contributed by atoms with E-state index < -0.39 is 21.8 Å². The fraction of sp³-hybridized carbons (Fsp3) is 0.300. The smallest absolute Gasteiger partial charge is 0.301 e. The number of halogens is 4. The highest BCUT2D eigenvalue weighted by atomic mass is 127. The maximum Gasteiger partial charge on any atom is 0.301 e. The van der Waals surface area contributed by atoms with Crippen LogP contribution >= 0.6 is 34.2 Å². The normalized spacial score (nSPS) is 15.6. The van der Waals surface area contributed by atoms with Crippen molar-refractivity contribution < 1.29 is 17.2 Å². The lowest BCUT2D eigenvalue weighted by Gasteiger charge is -2.31. The van der Waals surface area contributed by atoms with Gasteiger partial charge in [-0.2, -0.15) is 12.7 Å². The number of rotatable bonds is 8. The molecule has 0 atom stereocenters. The first-order chi connectivity index (χ1) is 14.7. The molecule has 2 aromatic carbocycles. The minimum absolute atomic E-state index is 0.111. The summed E-state index contributed by atoms with van der Waals surface area (Å²) < 4.78 is 58.8. The molecular weight excluding hydrogens is 561 g/mol. The molecule has 168 valence electrons. The molecule has 0 aromatic heterocycles. The average Bonchev–Trinajstić information content (AvgIpc) is 2.73. The lowest BCUT2D eigenvalue weighted by Crippen LogP contribution is -2.46. The Morgan fingerprint density at radius 1 is 1.19 bits per heavy atom. The van der Waals surface area contributed by atoms with Crippen LogP contribution in [-0.4, -0.2) is 38.4 Å². The van der Waals surface area contributed by atoms with Crippen LogP contribution in [0.25, 0.3) is 0 Å². The van der Waals surface area contributed by atoms with E-state index in [-0.39, 0.29) is 17.4 Å². The number of benzene rings is 2. The lowest BCUT2D eigenvalue weighted by atomic mass is 10.1. The molecule has 2 aromatic rings. The molecule has 1 aliphatic rings. The monoisotopic (exact) mass is 582 g/mol. The van der Waals surface area contributed by atoms with E-state index in [0.717, 1.165) is 9.64 Å². The van der Waals surface area contributed by atoms with E-state index in [9.17, 15) is 17.2 Å². The standard InChI is InChI=1S/C20H22ClF2IN4O2S/c1-2-9-25-14-7-10-28(11-8-14)31(29,30)27-18-6-4-16(22)19(23)20(18)26-17-5-3-13(24)12-15(17)21/h2-6,12,14,25-27H,1,7-11H2. The fourth-order valence-corrected chi connectivity index (χ4v) is 5.41. The highest BCUT2D eigenvalue weighted by Gasteiger charge is 2.29. The highest BCUT2D eigenvalue weighted by molar-refractivity contribution is 14.1. The van der Waals surface area contributed by atoms with Crippen molar-refractivity contribution in [3.05, 3.63) is 63.2 Å². The first-order valence-corrected chi connectivity index (χ1v) is 12.4. The van der Waals surface area contributed by atoms with Crippen LogP contribution in [0.15, 0.2) is 43.0 Å². The van der Waals surface area contributed by atoms with Crippen LogP contribution in [0.2, 0.25) is 5.02 Å². The minimum atomic E-state index is -3.97. The van der Waals surface area contributed by atoms with E-state index in [4.69, 9.17) is 11.6 Å². The predicted molar refractivity (Wildman–Crippen MR) is 129 cm³/mol. The molecule has 0 spiro atoms. The number of nitrogens with one attached hydrogen (secondary N) is 3. The van der Waals surface area contributed by atoms with Gasteiger partial charge in [0.05, 0.1) is 16.4 Å². The summed E-state index contributed by atoms with van der Waals surface area (Å²) in [5.74, 6) is -2.32. The van der Waals surface area contributed by atoms with Crippen LogP contribution in [0.5, 0.6) is 0 Å². The van der Waals surface area contributed by atoms with Crippen molar-refractivity contribution in [1.82, 2.24) is 9.62 Å². The molecule has 1 fully saturated rings. The average molecular weight is 583 g/mol. The molecule has 1 heterocycles. The number of piperidine rings is 1. The molecule has 3 N–H and O–H groups in total. The molecule has 1 aliphatic heterocycles. The first-order valence-electron chi connectivity index (χ1n) is 9.53. The van der Waals surface area contributed by atoms with Crippen LogP contribution in [-0.2, 0) is 10.2 Å². The minimum Gasteiger partial charge on any atom is -0.350 e. The van der Waals surface area contributed by atoms with Gasteiger partial charge in [0, 0.05) is 29.2 Å². The Labute approximate surface area is 199 Å². The molecule has 31 heavy (non-hydrogen) atoms. The molecule has 0 radical (unpaired) electrons. The van der Waals surface area contributed by atoms with Crippen LogP contribution in [0.3, 0.4) is 0 Å². The van der Waals surface area contributed by atoms with E-state index in [1.165, 1.54) is 10.4 Å². The zero-order valence-electron chi connectivity index (χ0n) is 16.5. The van der Waals surface area contributed by atoms with Crippen molar-refractivity contribution in [3.63, 3.8) is 0 Å². The summed E-state index contributed by atoms with van der Waals surface area (Å²) in [6, 6.07) is 7.24. The maximum absolute atomic E-state index is 14.6. The van der Waals surface area contributed by atoms with Gasteiger partial charge in [-0.05, 0) is 65.8 Å². The number of hydrogen-bond donors (Lipinski definition) is 3. The third-order valence-electron chi connectivity index (χ3n) is 4.87. The Kier molecular flexibility index (Phi) is 8.14. The van der Waals surface area contributed by atoms with E-state index in [1.54, 1.807) is 24.3 Å². The Morgan fingerprint density at radius 3 is 2.52 bits per heavy atom. The summed E-state index contributed by atoms with van der Waals surface area (Å²) in [6.45, 7) is 4.92. The maximum atomic E-state index is 14.6. The quantitative estimate of drug-likeness (QED) is 0.307. The van der Waals surface area contributed by atoms with Gasteiger partial charge >= 0.3 is 10.2 Å². The highest BCUT2D eigenvalue weighted by Crippen LogP contribution is 2.34. The summed E-state index contributed by atoms with van der Waals surface area (Å²) in [5.41, 5.74) is -0.129. The van der Waals surface area contributed by atoms with Gasteiger partial charge in [-0.1, -0.05) is 17.7 Å². The molecule has 1 saturated heterocycles. The van der Waals surface area contributed by atoms with Gasteiger partial charge in [-0.15, -0.1) is 6.58 Å². The Hall–Kier alpha value is -1.47. The van der Waals surface area contributed by atoms with Gasteiger partial charge < -0.3 is 10.6 Å². The summed E-state index contributed by atoms with van der Waals surface area (Å²) in [4.78, 5) is 0. The van der Waals surface area contributed by atoms with Gasteiger partial charge in [-0.25, -0.2) is 8.78 Å². The predicted octanol–water partition coefficient (Wildman–Crippen LogP) is 4.86. The topological polar surface area (TPSA) is 73.5 Å². The van der Waals surface area contributed by atoms with E-state index in [0.29, 0.717) is 43.2 Å². The van der Waals surface area contributed by atoms with Gasteiger partial charge in [-0.3, -0.25) is 4.72 Å². The number of hydrogen-bond acceptors (Lipinski definition) is 4. The van der Waals surface area contributed by atoms with Crippen molar-refractivity contribution in [1.29, 1.82) is 0 Å². The van der Waals surface area contributed by atoms with Crippen molar-refractivity contribution >= 4 is 61.5 Å². The Morgan fingerprint density at radius 2 is 1.87 bits per heavy atom. The van der Waals surface area contributed by atoms with Gasteiger partial charge in [0.25, 0.3) is 0 Å². The molecule has 3 rings (SSSR count). The zero-order chi connectivity index (χ0) is 22.6. The van der Waals surface area contributed by atoms with E-state index in [1.807, 2.05) is 0 Å². The van der Waals surface area contributed by atoms with Gasteiger partial charge in [0.2, 0.25) is 0 Å². The molecule has 0 bridgehead atoms. The zero-order valence-corrected chi connectivity index (χ0v) is 20.2. The number of nitrogens with zero attached hydrogens (tertiary/aromatic N) is 1. The van der Waals surface area contributed by atoms with Crippen molar-refractivity contribution in [3.8, 4) is 0 Å². The van der Waals surface area contributed by atoms with Crippen molar-refractivity contribution in [2.45, 2.75) is 18.9 Å². The van der Waals surface area contributed by atoms with E-state index >= 15 is 0 Å².